The van der Waals surface area contributed by atoms with Crippen molar-refractivity contribution in [2.75, 3.05) is 0 Å². The summed E-state index contributed by atoms with van der Waals surface area (Å²) in [4.78, 5) is 0. The van der Waals surface area contributed by atoms with Crippen LogP contribution >= 0.6 is 0 Å². The molecule has 0 heterocycles. The van der Waals surface area contributed by atoms with Gasteiger partial charge in [0, 0.05) is 0 Å². The zero-order valence-electron chi connectivity index (χ0n) is 9.49. The van der Waals surface area contributed by atoms with Crippen molar-refractivity contribution in [1.82, 2.24) is 0 Å². The van der Waals surface area contributed by atoms with Crippen molar-refractivity contribution in [3.8, 4) is 0 Å². The van der Waals surface area contributed by atoms with Gasteiger partial charge in [-0.15, -0.1) is 0 Å². The molecule has 0 aromatic heterocycles. The zero-order chi connectivity index (χ0) is 10.7. The normalized spacial score (nSPS) is 20.1. The molecule has 15 heavy (non-hydrogen) atoms. The second-order valence-electron chi connectivity index (χ2n) is 3.84. The van der Waals surface area contributed by atoms with E-state index in [0.29, 0.717) is 17.1 Å². The van der Waals surface area contributed by atoms with E-state index in [1.165, 1.54) is 25.7 Å². The van der Waals surface area contributed by atoms with Crippen molar-refractivity contribution in [3.63, 3.8) is 0 Å². The van der Waals surface area contributed by atoms with Gasteiger partial charge in [-0.3, -0.25) is 0 Å². The fraction of sp³-hybridized carbons (Fsp3) is 0.429. The average Bonchev–Trinajstić information content (AvgIpc) is 2.87. The molecule has 82 valence electrons. The van der Waals surface area contributed by atoms with Crippen LogP contribution in [0.25, 0.3) is 0 Å². The predicted octanol–water partition coefficient (Wildman–Crippen LogP) is 4.32. The Balaban J connectivity index is 2.10. The molecule has 0 spiro atoms. The average molecular weight is 287 g/mol. The van der Waals surface area contributed by atoms with Gasteiger partial charge in [-0.2, -0.15) is 0 Å². The molecule has 0 aromatic carbocycles. The number of rotatable bonds is 4. The topological polar surface area (TPSA) is 0 Å². The van der Waals surface area contributed by atoms with E-state index in [1.807, 2.05) is 0 Å². The van der Waals surface area contributed by atoms with E-state index < -0.39 is 0 Å². The Morgan fingerprint density at radius 1 is 0.933 bits per heavy atom. The maximum atomic E-state index is 2.33. The molecule has 0 unspecified atom stereocenters. The van der Waals surface area contributed by atoms with Gasteiger partial charge in [0.15, 0.2) is 0 Å². The fourth-order valence-electron chi connectivity index (χ4n) is 1.97. The van der Waals surface area contributed by atoms with Gasteiger partial charge in [0.05, 0.1) is 0 Å². The molecular weight excluding hydrogens is 269 g/mol. The first-order chi connectivity index (χ1) is 7.35. The Labute approximate surface area is 100 Å². The van der Waals surface area contributed by atoms with Crippen molar-refractivity contribution in [1.29, 1.82) is 0 Å². The summed E-state index contributed by atoms with van der Waals surface area (Å²) in [6, 6.07) is 0. The summed E-state index contributed by atoms with van der Waals surface area (Å²) in [6.45, 7) is 4.54. The van der Waals surface area contributed by atoms with Gasteiger partial charge in [0.25, 0.3) is 0 Å². The summed E-state index contributed by atoms with van der Waals surface area (Å²) in [7, 11) is 0. The molecule has 0 amide bonds. The third-order valence-corrected chi connectivity index (χ3v) is 5.75. The second kappa shape index (κ2) is 5.08. The first kappa shape index (κ1) is 11.1. The van der Waals surface area contributed by atoms with Crippen LogP contribution in [0.5, 0.6) is 0 Å². The second-order valence-corrected chi connectivity index (χ2v) is 6.37. The predicted molar refractivity (Wildman–Crippen MR) is 62.1 cm³/mol. The molecule has 0 atom stereocenters. The van der Waals surface area contributed by atoms with Crippen LogP contribution in [0.4, 0.5) is 0 Å². The molecule has 0 saturated heterocycles. The molecule has 2 aliphatic rings. The summed E-state index contributed by atoms with van der Waals surface area (Å²) >= 11 is 0.351. The molecule has 1 heteroatoms. The first-order valence-corrected chi connectivity index (χ1v) is 7.48. The van der Waals surface area contributed by atoms with Gasteiger partial charge in [-0.25, -0.2) is 0 Å². The van der Waals surface area contributed by atoms with Gasteiger partial charge < -0.3 is 0 Å². The Hall–Kier alpha value is -0.417. The molecule has 2 rings (SSSR count). The van der Waals surface area contributed by atoms with Crippen LogP contribution < -0.4 is 0 Å². The zero-order valence-corrected chi connectivity index (χ0v) is 11.2. The van der Waals surface area contributed by atoms with Crippen LogP contribution in [0.2, 0.25) is 0 Å². The fourth-order valence-corrected chi connectivity index (χ4v) is 4.83. The minimum absolute atomic E-state index is 0.351. The van der Waals surface area contributed by atoms with Crippen LogP contribution in [0.3, 0.4) is 0 Å². The van der Waals surface area contributed by atoms with Gasteiger partial charge in [0.2, 0.25) is 0 Å². The molecule has 0 aliphatic heterocycles. The Kier molecular flexibility index (Phi) is 3.75. The van der Waals surface area contributed by atoms with E-state index in [9.17, 15) is 0 Å². The van der Waals surface area contributed by atoms with E-state index in [4.69, 9.17) is 0 Å². The summed E-state index contributed by atoms with van der Waals surface area (Å²) < 4.78 is 3.49. The molecule has 0 saturated carbocycles. The summed E-state index contributed by atoms with van der Waals surface area (Å²) in [5.41, 5.74) is 3.23. The monoisotopic (exact) mass is 288 g/mol. The maximum absolute atomic E-state index is 2.33. The van der Waals surface area contributed by atoms with E-state index in [2.05, 4.69) is 38.2 Å². The summed E-state index contributed by atoms with van der Waals surface area (Å²) in [5, 5.41) is 0. The first-order valence-electron chi connectivity index (χ1n) is 5.74. The van der Waals surface area contributed by atoms with E-state index >= 15 is 0 Å². The van der Waals surface area contributed by atoms with Crippen molar-refractivity contribution in [2.45, 2.75) is 39.5 Å². The standard InChI is InChI=1S/2C7H9.Ru/c2*1-2-7-5-3-4-6-7;/h2*3,5H,2,4H2,1H3;. The Morgan fingerprint density at radius 3 is 1.80 bits per heavy atom. The molecule has 0 bridgehead atoms. The molecule has 0 fully saturated rings. The minimum atomic E-state index is 0.351. The molecule has 2 aliphatic carbocycles. The van der Waals surface area contributed by atoms with Gasteiger partial charge in [-0.1, -0.05) is 0 Å². The molecule has 0 nitrogen and oxygen atoms in total. The van der Waals surface area contributed by atoms with E-state index in [0.717, 1.165) is 0 Å². The molecular formula is C14H18Ru. The van der Waals surface area contributed by atoms with Crippen LogP contribution in [0.1, 0.15) is 39.5 Å². The third kappa shape index (κ3) is 2.40. The summed E-state index contributed by atoms with van der Waals surface area (Å²) in [5.74, 6) is 0. The quantitative estimate of drug-likeness (QED) is 0.676. The van der Waals surface area contributed by atoms with Crippen molar-refractivity contribution in [2.24, 2.45) is 0 Å². The van der Waals surface area contributed by atoms with E-state index in [-0.39, 0.29) is 0 Å². The van der Waals surface area contributed by atoms with Gasteiger partial charge in [0.1, 0.15) is 0 Å². The molecule has 0 aromatic rings. The number of hydrogen-bond acceptors (Lipinski definition) is 0. The Morgan fingerprint density at radius 2 is 1.40 bits per heavy atom. The Bertz CT molecular complexity index is 331. The van der Waals surface area contributed by atoms with Crippen LogP contribution in [-0.2, 0) is 17.1 Å². The van der Waals surface area contributed by atoms with Crippen LogP contribution in [0.15, 0.2) is 43.8 Å². The van der Waals surface area contributed by atoms with Gasteiger partial charge >= 0.3 is 100 Å². The van der Waals surface area contributed by atoms with Crippen molar-refractivity contribution >= 4 is 0 Å². The van der Waals surface area contributed by atoms with E-state index in [1.54, 1.807) is 19.5 Å². The van der Waals surface area contributed by atoms with Crippen molar-refractivity contribution in [3.05, 3.63) is 43.8 Å². The molecule has 0 N–H and O–H groups in total. The number of allylic oxidation sites excluding steroid dienone is 8. The number of hydrogen-bond donors (Lipinski definition) is 0. The molecule has 0 radical (unpaired) electrons. The van der Waals surface area contributed by atoms with Crippen LogP contribution in [0, 0.1) is 0 Å². The van der Waals surface area contributed by atoms with Gasteiger partial charge in [-0.05, 0) is 0 Å². The SMILES string of the molecule is CCC1=[C]([Ru][C]2=C(CC)C=CC2)CC=C1. The third-order valence-electron chi connectivity index (χ3n) is 2.88. The van der Waals surface area contributed by atoms with Crippen LogP contribution in [-0.4, -0.2) is 0 Å². The van der Waals surface area contributed by atoms with Crippen molar-refractivity contribution < 1.29 is 17.1 Å². The summed E-state index contributed by atoms with van der Waals surface area (Å²) in [6.07, 6.45) is 14.2.